The number of hydrogen-bond donors (Lipinski definition) is 1. The van der Waals surface area contributed by atoms with E-state index in [-0.39, 0.29) is 16.5 Å². The minimum absolute atomic E-state index is 0.0637. The van der Waals surface area contributed by atoms with Crippen LogP contribution in [0.15, 0.2) is 103 Å². The smallest absolute Gasteiger partial charge is 0.301 e. The first kappa shape index (κ1) is 24.5. The number of aliphatic hydroxyl groups is 1. The molecule has 0 spiro atoms. The molecule has 0 bridgehead atoms. The molecule has 1 unspecified atom stereocenters. The monoisotopic (exact) mass is 536 g/mol. The van der Waals surface area contributed by atoms with Gasteiger partial charge in [0.15, 0.2) is 5.13 Å². The topological polar surface area (TPSA) is 79.7 Å². The highest BCUT2D eigenvalue weighted by Crippen LogP contribution is 2.45. The number of carbonyl (C=O) groups is 2. The van der Waals surface area contributed by atoms with Gasteiger partial charge in [-0.2, -0.15) is 0 Å². The number of carbonyl (C=O) groups excluding carboxylic acids is 2. The van der Waals surface area contributed by atoms with Crippen molar-refractivity contribution < 1.29 is 23.8 Å². The number of aromatic nitrogens is 1. The van der Waals surface area contributed by atoms with Crippen LogP contribution >= 0.6 is 11.3 Å². The van der Waals surface area contributed by atoms with Gasteiger partial charge >= 0.3 is 5.91 Å². The normalized spacial score (nSPS) is 16.7. The number of fused-ring (bicyclic) bond motifs is 1. The zero-order chi connectivity index (χ0) is 27.1. The molecule has 0 aliphatic carbocycles. The number of nitrogens with zero attached hydrogens (tertiary/aromatic N) is 2. The van der Waals surface area contributed by atoms with Gasteiger partial charge in [0.1, 0.15) is 23.1 Å². The van der Waals surface area contributed by atoms with E-state index in [0.717, 1.165) is 16.9 Å². The van der Waals surface area contributed by atoms with Crippen molar-refractivity contribution in [3.8, 4) is 11.5 Å². The van der Waals surface area contributed by atoms with E-state index in [9.17, 15) is 19.1 Å². The predicted octanol–water partition coefficient (Wildman–Crippen LogP) is 7.16. The van der Waals surface area contributed by atoms with E-state index in [1.807, 2.05) is 49.4 Å². The van der Waals surface area contributed by atoms with Crippen molar-refractivity contribution in [2.45, 2.75) is 13.0 Å². The average Bonchev–Trinajstić information content (AvgIpc) is 3.47. The maximum atomic E-state index is 13.9. The molecule has 1 saturated heterocycles. The van der Waals surface area contributed by atoms with Crippen molar-refractivity contribution in [3.63, 3.8) is 0 Å². The van der Waals surface area contributed by atoms with E-state index in [0.29, 0.717) is 32.8 Å². The van der Waals surface area contributed by atoms with Gasteiger partial charge in [-0.1, -0.05) is 71.5 Å². The first-order chi connectivity index (χ1) is 18.9. The summed E-state index contributed by atoms with van der Waals surface area (Å²) in [5.41, 5.74) is 2.37. The number of rotatable bonds is 5. The molecule has 6 nitrogen and oxygen atoms in total. The molecule has 0 radical (unpaired) electrons. The molecule has 6 rings (SSSR count). The summed E-state index contributed by atoms with van der Waals surface area (Å²) in [4.78, 5) is 32.8. The molecule has 1 atom stereocenters. The Kier molecular flexibility index (Phi) is 6.17. The fraction of sp³-hybridized carbons (Fsp3) is 0.0645. The number of anilines is 1. The van der Waals surface area contributed by atoms with Crippen molar-refractivity contribution in [1.82, 2.24) is 4.98 Å². The zero-order valence-corrected chi connectivity index (χ0v) is 21.5. The summed E-state index contributed by atoms with van der Waals surface area (Å²) < 4.78 is 20.4. The van der Waals surface area contributed by atoms with Crippen LogP contribution in [-0.2, 0) is 9.59 Å². The molecule has 4 aromatic carbocycles. The largest absolute Gasteiger partial charge is 0.507 e. The highest BCUT2D eigenvalue weighted by Gasteiger charge is 2.48. The summed E-state index contributed by atoms with van der Waals surface area (Å²) in [7, 11) is 0. The van der Waals surface area contributed by atoms with E-state index in [4.69, 9.17) is 4.74 Å². The fourth-order valence-corrected chi connectivity index (χ4v) is 5.59. The van der Waals surface area contributed by atoms with Crippen molar-refractivity contribution in [2.75, 3.05) is 4.90 Å². The minimum atomic E-state index is -0.990. The van der Waals surface area contributed by atoms with Crippen LogP contribution in [0, 0.1) is 12.7 Å². The van der Waals surface area contributed by atoms with Gasteiger partial charge in [0.25, 0.3) is 5.78 Å². The van der Waals surface area contributed by atoms with Gasteiger partial charge in [0.05, 0.1) is 21.8 Å². The number of aliphatic hydroxyl groups excluding tert-OH is 1. The van der Waals surface area contributed by atoms with Gasteiger partial charge < -0.3 is 9.84 Å². The van der Waals surface area contributed by atoms with Gasteiger partial charge in [-0.15, -0.1) is 0 Å². The lowest BCUT2D eigenvalue weighted by molar-refractivity contribution is -0.132. The lowest BCUT2D eigenvalue weighted by Crippen LogP contribution is -2.29. The van der Waals surface area contributed by atoms with Crippen LogP contribution in [0.25, 0.3) is 16.0 Å². The number of ketones is 1. The highest BCUT2D eigenvalue weighted by atomic mass is 32.1. The second-order valence-corrected chi connectivity index (χ2v) is 10.1. The Morgan fingerprint density at radius 2 is 1.67 bits per heavy atom. The Morgan fingerprint density at radius 3 is 2.44 bits per heavy atom. The van der Waals surface area contributed by atoms with E-state index in [1.54, 1.807) is 36.4 Å². The molecule has 1 aliphatic rings. The van der Waals surface area contributed by atoms with Crippen molar-refractivity contribution >= 4 is 44.1 Å². The standard InChI is InChI=1S/C31H21FN2O4S/c1-18-10-12-19(13-11-18)28(35)26-27(20-6-5-9-23(16-20)38-22-7-3-2-4-8-22)34(30(37)29(26)36)31-33-24-15-14-21(32)17-25(24)39-31/h2-17,27,35H,1H3/b28-26+. The molecule has 1 amide bonds. The lowest BCUT2D eigenvalue weighted by Gasteiger charge is -2.23. The van der Waals surface area contributed by atoms with Gasteiger partial charge in [-0.05, 0) is 55.0 Å². The first-order valence-electron chi connectivity index (χ1n) is 12.2. The Morgan fingerprint density at radius 1 is 0.923 bits per heavy atom. The molecule has 5 aromatic rings. The maximum absolute atomic E-state index is 13.9. The number of Topliss-reactive ketones (excluding diaryl/α,β-unsaturated/α-hetero) is 1. The van der Waals surface area contributed by atoms with Gasteiger partial charge in [-0.3, -0.25) is 14.5 Å². The number of ether oxygens (including phenoxy) is 1. The zero-order valence-electron chi connectivity index (χ0n) is 20.7. The number of benzene rings is 4. The number of para-hydroxylation sites is 1. The van der Waals surface area contributed by atoms with Crippen molar-refractivity contribution in [1.29, 1.82) is 0 Å². The first-order valence-corrected chi connectivity index (χ1v) is 13.0. The van der Waals surface area contributed by atoms with Crippen molar-refractivity contribution in [2.24, 2.45) is 0 Å². The summed E-state index contributed by atoms with van der Waals surface area (Å²) in [5, 5.41) is 11.6. The molecule has 2 heterocycles. The molecule has 1 aromatic heterocycles. The fourth-order valence-electron chi connectivity index (χ4n) is 4.57. The quantitative estimate of drug-likeness (QED) is 0.146. The number of aryl methyl sites for hydroxylation is 1. The summed E-state index contributed by atoms with van der Waals surface area (Å²) >= 11 is 1.10. The molecule has 0 saturated carbocycles. The Bertz CT molecular complexity index is 1760. The van der Waals surface area contributed by atoms with Gasteiger partial charge in [-0.25, -0.2) is 9.37 Å². The second-order valence-electron chi connectivity index (χ2n) is 9.13. The van der Waals surface area contributed by atoms with Crippen LogP contribution in [0.5, 0.6) is 11.5 Å². The molecular formula is C31H21FN2O4S. The average molecular weight is 537 g/mol. The van der Waals surface area contributed by atoms with E-state index in [1.165, 1.54) is 23.1 Å². The number of hydrogen-bond acceptors (Lipinski definition) is 6. The van der Waals surface area contributed by atoms with E-state index in [2.05, 4.69) is 4.98 Å². The van der Waals surface area contributed by atoms with E-state index < -0.39 is 23.5 Å². The minimum Gasteiger partial charge on any atom is -0.507 e. The molecule has 1 aliphatic heterocycles. The number of halogens is 1. The van der Waals surface area contributed by atoms with Crippen molar-refractivity contribution in [3.05, 3.63) is 125 Å². The van der Waals surface area contributed by atoms with Gasteiger partial charge in [0, 0.05) is 5.56 Å². The van der Waals surface area contributed by atoms with Crippen LogP contribution < -0.4 is 9.64 Å². The second kappa shape index (κ2) is 9.81. The lowest BCUT2D eigenvalue weighted by atomic mass is 9.95. The van der Waals surface area contributed by atoms with Crippen LogP contribution in [0.1, 0.15) is 22.7 Å². The van der Waals surface area contributed by atoms with E-state index >= 15 is 0 Å². The summed E-state index contributed by atoms with van der Waals surface area (Å²) in [6.45, 7) is 1.91. The number of thiazole rings is 1. The van der Waals surface area contributed by atoms with Crippen LogP contribution in [-0.4, -0.2) is 21.8 Å². The summed E-state index contributed by atoms with van der Waals surface area (Å²) in [6.07, 6.45) is 0. The van der Waals surface area contributed by atoms with Crippen LogP contribution in [0.4, 0.5) is 9.52 Å². The third-order valence-electron chi connectivity index (χ3n) is 6.47. The Hall–Kier alpha value is -4.82. The molecule has 192 valence electrons. The Labute approximate surface area is 227 Å². The predicted molar refractivity (Wildman–Crippen MR) is 148 cm³/mol. The molecule has 1 fully saturated rings. The third-order valence-corrected chi connectivity index (χ3v) is 7.48. The molecule has 8 heteroatoms. The molecule has 1 N–H and O–H groups in total. The van der Waals surface area contributed by atoms with Crippen LogP contribution in [0.2, 0.25) is 0 Å². The maximum Gasteiger partial charge on any atom is 0.301 e. The van der Waals surface area contributed by atoms with Crippen LogP contribution in [0.3, 0.4) is 0 Å². The molecular weight excluding hydrogens is 515 g/mol. The Balaban J connectivity index is 1.52. The van der Waals surface area contributed by atoms with Gasteiger partial charge in [0.2, 0.25) is 0 Å². The molecule has 39 heavy (non-hydrogen) atoms. The summed E-state index contributed by atoms with van der Waals surface area (Å²) in [6, 6.07) is 26.4. The highest BCUT2D eigenvalue weighted by molar-refractivity contribution is 7.22. The number of amides is 1. The SMILES string of the molecule is Cc1ccc(/C(O)=C2\C(=O)C(=O)N(c3nc4ccc(F)cc4s3)C2c2cccc(Oc3ccccc3)c2)cc1. The summed E-state index contributed by atoms with van der Waals surface area (Å²) in [5.74, 6) is -1.27. The third kappa shape index (κ3) is 4.55.